The van der Waals surface area contributed by atoms with Gasteiger partial charge in [-0.3, -0.25) is 9.79 Å². The number of nitrogens with zero attached hydrogens (tertiary/aromatic N) is 2. The average Bonchev–Trinajstić information content (AvgIpc) is 3.05. The molecule has 19 heavy (non-hydrogen) atoms. The summed E-state index contributed by atoms with van der Waals surface area (Å²) in [5, 5.41) is 3.20. The van der Waals surface area contributed by atoms with Crippen LogP contribution in [0.2, 0.25) is 0 Å². The Morgan fingerprint density at radius 3 is 3.05 bits per heavy atom. The quantitative estimate of drug-likeness (QED) is 0.853. The maximum atomic E-state index is 12.7. The van der Waals surface area contributed by atoms with Crippen molar-refractivity contribution in [3.8, 4) is 0 Å². The molecule has 106 valence electrons. The molecule has 0 spiro atoms. The van der Waals surface area contributed by atoms with Crippen LogP contribution >= 0.6 is 11.8 Å². The highest BCUT2D eigenvalue weighted by Gasteiger charge is 2.40. The zero-order valence-corrected chi connectivity index (χ0v) is 12.4. The fourth-order valence-corrected chi connectivity index (χ4v) is 4.54. The number of hydrogen-bond donors (Lipinski definition) is 1. The van der Waals surface area contributed by atoms with E-state index in [0.717, 1.165) is 24.6 Å². The zero-order valence-electron chi connectivity index (χ0n) is 11.5. The van der Waals surface area contributed by atoms with E-state index in [-0.39, 0.29) is 6.04 Å². The Labute approximate surface area is 119 Å². The Balaban J connectivity index is 1.77. The molecule has 1 aliphatic carbocycles. The molecule has 0 aromatic rings. The number of aliphatic imine (C=N–C) groups is 1. The highest BCUT2D eigenvalue weighted by molar-refractivity contribution is 8.12. The summed E-state index contributed by atoms with van der Waals surface area (Å²) in [5.74, 6) is 2.06. The summed E-state index contributed by atoms with van der Waals surface area (Å²) in [6.07, 6.45) is 5.97. The van der Waals surface area contributed by atoms with Gasteiger partial charge in [0.2, 0.25) is 5.91 Å². The van der Waals surface area contributed by atoms with E-state index in [2.05, 4.69) is 15.2 Å². The normalized spacial score (nSPS) is 38.6. The van der Waals surface area contributed by atoms with Gasteiger partial charge in [-0.2, -0.15) is 0 Å². The lowest BCUT2D eigenvalue weighted by atomic mass is 9.97. The van der Waals surface area contributed by atoms with Gasteiger partial charge in [-0.1, -0.05) is 6.42 Å². The molecular formula is C14H23N3OS. The Morgan fingerprint density at radius 2 is 2.32 bits per heavy atom. The molecule has 0 aromatic carbocycles. The number of carbonyl (C=O) groups excluding carboxylic acids is 1. The number of thioether (sulfide) groups is 1. The van der Waals surface area contributed by atoms with Gasteiger partial charge in [0.05, 0.1) is 17.6 Å². The molecule has 4 unspecified atom stereocenters. The Bertz CT molecular complexity index is 374. The lowest BCUT2D eigenvalue weighted by Gasteiger charge is -2.33. The molecule has 4 atom stereocenters. The lowest BCUT2D eigenvalue weighted by Crippen LogP contribution is -2.50. The number of likely N-dealkylation sites (N-methyl/N-ethyl adjacent to an activating group) is 1. The standard InChI is InChI=1S/C14H23N3OS/c1-15-12-6-5-10-3-2-4-13(10)17(14(12)18)7-11-8-19-9-16-11/h9-13,15H,2-8H2,1H3. The van der Waals surface area contributed by atoms with Crippen LogP contribution in [0.4, 0.5) is 0 Å². The third kappa shape index (κ3) is 2.68. The second-order valence-electron chi connectivity index (χ2n) is 5.91. The first kappa shape index (κ1) is 13.4. The van der Waals surface area contributed by atoms with Crippen molar-refractivity contribution in [3.05, 3.63) is 0 Å². The predicted octanol–water partition coefficient (Wildman–Crippen LogP) is 1.51. The van der Waals surface area contributed by atoms with E-state index < -0.39 is 0 Å². The Morgan fingerprint density at radius 1 is 1.42 bits per heavy atom. The van der Waals surface area contributed by atoms with Crippen LogP contribution in [0.25, 0.3) is 0 Å². The van der Waals surface area contributed by atoms with E-state index in [1.165, 1.54) is 25.7 Å². The van der Waals surface area contributed by atoms with Gasteiger partial charge >= 0.3 is 0 Å². The molecule has 5 heteroatoms. The minimum absolute atomic E-state index is 0.0173. The van der Waals surface area contributed by atoms with Gasteiger partial charge in [0, 0.05) is 18.3 Å². The van der Waals surface area contributed by atoms with Crippen LogP contribution in [0.5, 0.6) is 0 Å². The van der Waals surface area contributed by atoms with Crippen LogP contribution in [0, 0.1) is 5.92 Å². The monoisotopic (exact) mass is 281 g/mol. The van der Waals surface area contributed by atoms with Crippen molar-refractivity contribution in [2.24, 2.45) is 10.9 Å². The fraction of sp³-hybridized carbons (Fsp3) is 0.857. The smallest absolute Gasteiger partial charge is 0.240 e. The van der Waals surface area contributed by atoms with Crippen molar-refractivity contribution in [1.82, 2.24) is 10.2 Å². The molecule has 0 aromatic heterocycles. The van der Waals surface area contributed by atoms with E-state index in [1.54, 1.807) is 11.8 Å². The number of amides is 1. The van der Waals surface area contributed by atoms with Gasteiger partial charge in [0.25, 0.3) is 0 Å². The molecule has 2 aliphatic heterocycles. The average molecular weight is 281 g/mol. The lowest BCUT2D eigenvalue weighted by molar-refractivity contribution is -0.135. The molecule has 1 N–H and O–H groups in total. The van der Waals surface area contributed by atoms with Crippen molar-refractivity contribution in [1.29, 1.82) is 0 Å². The fourth-order valence-electron chi connectivity index (χ4n) is 3.78. The Hall–Kier alpha value is -0.550. The van der Waals surface area contributed by atoms with E-state index >= 15 is 0 Å². The number of nitrogens with one attached hydrogen (secondary N) is 1. The van der Waals surface area contributed by atoms with Gasteiger partial charge in [0.1, 0.15) is 0 Å². The number of hydrogen-bond acceptors (Lipinski definition) is 4. The van der Waals surface area contributed by atoms with Gasteiger partial charge in [-0.15, -0.1) is 11.8 Å². The molecule has 0 bridgehead atoms. The van der Waals surface area contributed by atoms with Crippen LogP contribution < -0.4 is 5.32 Å². The van der Waals surface area contributed by atoms with Gasteiger partial charge < -0.3 is 10.2 Å². The summed E-state index contributed by atoms with van der Waals surface area (Å²) < 4.78 is 0. The van der Waals surface area contributed by atoms with Crippen LogP contribution in [-0.2, 0) is 4.79 Å². The highest BCUT2D eigenvalue weighted by atomic mass is 32.2. The second-order valence-corrected chi connectivity index (χ2v) is 6.79. The van der Waals surface area contributed by atoms with Gasteiger partial charge in [-0.05, 0) is 38.6 Å². The first-order valence-corrected chi connectivity index (χ1v) is 8.45. The van der Waals surface area contributed by atoms with Crippen LogP contribution in [-0.4, -0.2) is 53.8 Å². The molecular weight excluding hydrogens is 258 g/mol. The van der Waals surface area contributed by atoms with Crippen molar-refractivity contribution in [2.75, 3.05) is 19.3 Å². The molecule has 1 saturated heterocycles. The highest BCUT2D eigenvalue weighted by Crippen LogP contribution is 2.36. The van der Waals surface area contributed by atoms with Crippen LogP contribution in [0.3, 0.4) is 0 Å². The first-order chi connectivity index (χ1) is 9.29. The predicted molar refractivity (Wildman–Crippen MR) is 79.7 cm³/mol. The zero-order chi connectivity index (χ0) is 13.2. The first-order valence-electron chi connectivity index (χ1n) is 7.40. The summed E-state index contributed by atoms with van der Waals surface area (Å²) in [7, 11) is 1.91. The summed E-state index contributed by atoms with van der Waals surface area (Å²) in [5.41, 5.74) is 1.94. The number of likely N-dealkylation sites (tertiary alicyclic amines) is 1. The van der Waals surface area contributed by atoms with Crippen molar-refractivity contribution in [3.63, 3.8) is 0 Å². The Kier molecular flexibility index (Phi) is 4.12. The van der Waals surface area contributed by atoms with Crippen LogP contribution in [0.1, 0.15) is 32.1 Å². The van der Waals surface area contributed by atoms with Crippen molar-refractivity contribution in [2.45, 2.75) is 50.2 Å². The maximum absolute atomic E-state index is 12.7. The topological polar surface area (TPSA) is 44.7 Å². The third-order valence-corrected chi connectivity index (χ3v) is 5.67. The molecule has 3 rings (SSSR count). The number of rotatable bonds is 3. The maximum Gasteiger partial charge on any atom is 0.240 e. The molecule has 0 radical (unpaired) electrons. The van der Waals surface area contributed by atoms with Crippen molar-refractivity contribution < 1.29 is 4.79 Å². The summed E-state index contributed by atoms with van der Waals surface area (Å²) in [6, 6.07) is 0.807. The van der Waals surface area contributed by atoms with Gasteiger partial charge in [-0.25, -0.2) is 0 Å². The SMILES string of the molecule is CNC1CCC2CCCC2N(CC2CSC=N2)C1=O. The summed E-state index contributed by atoms with van der Waals surface area (Å²) in [4.78, 5) is 19.4. The molecule has 1 saturated carbocycles. The number of fused-ring (bicyclic) bond motifs is 1. The second kappa shape index (κ2) is 5.83. The molecule has 2 heterocycles. The molecule has 3 aliphatic rings. The molecule has 2 fully saturated rings. The minimum atomic E-state index is 0.0173. The summed E-state index contributed by atoms with van der Waals surface area (Å²) >= 11 is 1.76. The third-order valence-electron chi connectivity index (χ3n) is 4.82. The van der Waals surface area contributed by atoms with Crippen LogP contribution in [0.15, 0.2) is 4.99 Å². The van der Waals surface area contributed by atoms with E-state index in [9.17, 15) is 4.79 Å². The van der Waals surface area contributed by atoms with E-state index in [1.807, 2.05) is 12.6 Å². The minimum Gasteiger partial charge on any atom is -0.336 e. The number of carbonyl (C=O) groups is 1. The molecule has 4 nitrogen and oxygen atoms in total. The van der Waals surface area contributed by atoms with E-state index in [0.29, 0.717) is 18.0 Å². The van der Waals surface area contributed by atoms with E-state index in [4.69, 9.17) is 0 Å². The molecule has 1 amide bonds. The van der Waals surface area contributed by atoms with Gasteiger partial charge in [0.15, 0.2) is 0 Å². The van der Waals surface area contributed by atoms with Crippen molar-refractivity contribution >= 4 is 23.2 Å². The largest absolute Gasteiger partial charge is 0.336 e. The summed E-state index contributed by atoms with van der Waals surface area (Å²) in [6.45, 7) is 0.821.